The van der Waals surface area contributed by atoms with Crippen LogP contribution in [0.15, 0.2) is 24.3 Å². The van der Waals surface area contributed by atoms with Gasteiger partial charge in [0.15, 0.2) is 0 Å². The van der Waals surface area contributed by atoms with Gasteiger partial charge in [-0.1, -0.05) is 50.6 Å². The summed E-state index contributed by atoms with van der Waals surface area (Å²) in [7, 11) is -1.05. The molecule has 0 heterocycles. The third-order valence-corrected chi connectivity index (χ3v) is 5.08. The number of benzene rings is 1. The average molecular weight is 310 g/mol. The summed E-state index contributed by atoms with van der Waals surface area (Å²) < 4.78 is 15.5. The van der Waals surface area contributed by atoms with Gasteiger partial charge in [-0.15, -0.1) is 0 Å². The molecular weight excluding hydrogens is 278 g/mol. The largest absolute Gasteiger partial charge is 0.242 e. The summed E-state index contributed by atoms with van der Waals surface area (Å²) in [5, 5.41) is 0. The highest BCUT2D eigenvalue weighted by atomic mass is 32.2. The summed E-state index contributed by atoms with van der Waals surface area (Å²) in [4.78, 5) is 0. The first-order valence-corrected chi connectivity index (χ1v) is 8.89. The van der Waals surface area contributed by atoms with Crippen molar-refractivity contribution >= 4 is 11.0 Å². The van der Waals surface area contributed by atoms with Crippen molar-refractivity contribution in [2.75, 3.05) is 0 Å². The van der Waals surface area contributed by atoms with E-state index in [1.54, 1.807) is 0 Å². The molecule has 0 amide bonds. The lowest BCUT2D eigenvalue weighted by atomic mass is 9.87. The molecule has 120 valence electrons. The second-order valence-corrected chi connectivity index (χ2v) is 10.1. The Labute approximate surface area is 133 Å². The molecule has 0 aliphatic carbocycles. The van der Waals surface area contributed by atoms with E-state index in [2.05, 4.69) is 56.7 Å². The predicted molar refractivity (Wildman–Crippen MR) is 93.6 cm³/mol. The van der Waals surface area contributed by atoms with E-state index >= 15 is 0 Å². The van der Waals surface area contributed by atoms with Crippen molar-refractivity contribution in [1.29, 1.82) is 0 Å². The maximum Gasteiger partial charge on any atom is 0.0975 e. The normalized spacial score (nSPS) is 15.8. The van der Waals surface area contributed by atoms with Gasteiger partial charge in [-0.2, -0.15) is 0 Å². The molecule has 1 N–H and O–H groups in total. The smallest absolute Gasteiger partial charge is 0.0975 e. The fourth-order valence-corrected chi connectivity index (χ4v) is 2.84. The Bertz CT molecular complexity index is 465. The number of rotatable bonds is 5. The molecule has 0 saturated heterocycles. The zero-order chi connectivity index (χ0) is 16.3. The number of aryl methyl sites for hydroxylation is 1. The van der Waals surface area contributed by atoms with Crippen molar-refractivity contribution in [1.82, 2.24) is 4.72 Å². The van der Waals surface area contributed by atoms with Gasteiger partial charge >= 0.3 is 0 Å². The van der Waals surface area contributed by atoms with Crippen LogP contribution in [0.4, 0.5) is 0 Å². The molecular formula is C18H31NOS. The molecule has 0 radical (unpaired) electrons. The average Bonchev–Trinajstić information content (AvgIpc) is 2.33. The molecule has 1 rings (SSSR count). The predicted octanol–water partition coefficient (Wildman–Crippen LogP) is 4.91. The minimum Gasteiger partial charge on any atom is -0.242 e. The Balaban J connectivity index is 2.89. The summed E-state index contributed by atoms with van der Waals surface area (Å²) >= 11 is 0. The van der Waals surface area contributed by atoms with E-state index in [1.165, 1.54) is 11.1 Å². The monoisotopic (exact) mass is 309 g/mol. The maximum atomic E-state index is 12.4. The van der Waals surface area contributed by atoms with Crippen LogP contribution in [0.2, 0.25) is 0 Å². The molecule has 21 heavy (non-hydrogen) atoms. The van der Waals surface area contributed by atoms with Gasteiger partial charge in [-0.25, -0.2) is 8.93 Å². The number of nitrogens with one attached hydrogen (secondary N) is 1. The van der Waals surface area contributed by atoms with Gasteiger partial charge in [-0.3, -0.25) is 0 Å². The van der Waals surface area contributed by atoms with Crippen molar-refractivity contribution < 1.29 is 4.21 Å². The third kappa shape index (κ3) is 6.75. The van der Waals surface area contributed by atoms with Crippen LogP contribution in [0.25, 0.3) is 0 Å². The van der Waals surface area contributed by atoms with Crippen LogP contribution in [0.5, 0.6) is 0 Å². The molecule has 2 atom stereocenters. The van der Waals surface area contributed by atoms with Gasteiger partial charge < -0.3 is 0 Å². The zero-order valence-corrected chi connectivity index (χ0v) is 15.4. The second-order valence-electron chi connectivity index (χ2n) is 8.06. The first kappa shape index (κ1) is 18.4. The summed E-state index contributed by atoms with van der Waals surface area (Å²) in [6.45, 7) is 14.9. The third-order valence-electron chi connectivity index (χ3n) is 3.47. The fraction of sp³-hybridized carbons (Fsp3) is 0.667. The van der Waals surface area contributed by atoms with E-state index in [4.69, 9.17) is 0 Å². The van der Waals surface area contributed by atoms with Crippen molar-refractivity contribution in [3.8, 4) is 0 Å². The van der Waals surface area contributed by atoms with Crippen LogP contribution < -0.4 is 4.72 Å². The fourth-order valence-electron chi connectivity index (χ4n) is 1.98. The Morgan fingerprint density at radius 2 is 1.57 bits per heavy atom. The van der Waals surface area contributed by atoms with E-state index < -0.39 is 11.0 Å². The lowest BCUT2D eigenvalue weighted by molar-refractivity contribution is 0.344. The first-order valence-electron chi connectivity index (χ1n) is 7.74. The van der Waals surface area contributed by atoms with Crippen molar-refractivity contribution in [3.63, 3.8) is 0 Å². The molecule has 1 aromatic carbocycles. The lowest BCUT2D eigenvalue weighted by Crippen LogP contribution is -2.36. The first-order chi connectivity index (χ1) is 9.49. The van der Waals surface area contributed by atoms with Crippen LogP contribution in [0.3, 0.4) is 0 Å². The SMILES string of the molecule is Cc1ccc(C(CCC(C)(C)C)NS(=O)C(C)(C)C)cc1. The molecule has 0 fully saturated rings. The molecule has 0 aliphatic heterocycles. The highest BCUT2D eigenvalue weighted by Gasteiger charge is 2.24. The van der Waals surface area contributed by atoms with Gasteiger partial charge in [0.25, 0.3) is 0 Å². The molecule has 0 aliphatic rings. The minimum atomic E-state index is -1.05. The van der Waals surface area contributed by atoms with Crippen LogP contribution in [-0.2, 0) is 11.0 Å². The molecule has 0 spiro atoms. The summed E-state index contributed by atoms with van der Waals surface area (Å²) in [5.74, 6) is 0. The summed E-state index contributed by atoms with van der Waals surface area (Å²) in [6, 6.07) is 8.69. The minimum absolute atomic E-state index is 0.143. The van der Waals surface area contributed by atoms with Gasteiger partial charge in [0, 0.05) is 6.04 Å². The van der Waals surface area contributed by atoms with E-state index in [-0.39, 0.29) is 16.2 Å². The van der Waals surface area contributed by atoms with Crippen LogP contribution in [0, 0.1) is 12.3 Å². The Kier molecular flexibility index (Phi) is 6.18. The van der Waals surface area contributed by atoms with Gasteiger partial charge in [0.05, 0.1) is 15.7 Å². The van der Waals surface area contributed by atoms with Crippen LogP contribution >= 0.6 is 0 Å². The van der Waals surface area contributed by atoms with Crippen molar-refractivity contribution in [2.45, 2.75) is 72.1 Å². The molecule has 2 unspecified atom stereocenters. The highest BCUT2D eigenvalue weighted by molar-refractivity contribution is 7.84. The van der Waals surface area contributed by atoms with E-state index in [1.807, 2.05) is 20.8 Å². The standard InChI is InChI=1S/C18H31NOS/c1-14-8-10-15(11-9-14)16(12-13-17(2,3)4)19-21(20)18(5,6)7/h8-11,16,19H,12-13H2,1-7H3. The quantitative estimate of drug-likeness (QED) is 0.822. The van der Waals surface area contributed by atoms with Gasteiger partial charge in [-0.05, 0) is 51.5 Å². The Morgan fingerprint density at radius 1 is 1.05 bits per heavy atom. The molecule has 0 bridgehead atoms. The lowest BCUT2D eigenvalue weighted by Gasteiger charge is -2.27. The molecule has 0 aromatic heterocycles. The Hall–Kier alpha value is -0.670. The topological polar surface area (TPSA) is 29.1 Å². The highest BCUT2D eigenvalue weighted by Crippen LogP contribution is 2.28. The maximum absolute atomic E-state index is 12.4. The molecule has 3 heteroatoms. The van der Waals surface area contributed by atoms with E-state index in [0.717, 1.165) is 12.8 Å². The summed E-state index contributed by atoms with van der Waals surface area (Å²) in [6.07, 6.45) is 2.09. The molecule has 1 aromatic rings. The van der Waals surface area contributed by atoms with E-state index in [0.29, 0.717) is 0 Å². The summed E-state index contributed by atoms with van der Waals surface area (Å²) in [5.41, 5.74) is 2.76. The van der Waals surface area contributed by atoms with Crippen LogP contribution in [-0.4, -0.2) is 8.96 Å². The van der Waals surface area contributed by atoms with Crippen molar-refractivity contribution in [2.24, 2.45) is 5.41 Å². The number of hydrogen-bond donors (Lipinski definition) is 1. The van der Waals surface area contributed by atoms with Gasteiger partial charge in [0.2, 0.25) is 0 Å². The second kappa shape index (κ2) is 7.06. The van der Waals surface area contributed by atoms with Crippen molar-refractivity contribution in [3.05, 3.63) is 35.4 Å². The van der Waals surface area contributed by atoms with Gasteiger partial charge in [0.1, 0.15) is 0 Å². The van der Waals surface area contributed by atoms with Crippen LogP contribution in [0.1, 0.15) is 71.6 Å². The molecule has 2 nitrogen and oxygen atoms in total. The molecule has 0 saturated carbocycles. The van der Waals surface area contributed by atoms with E-state index in [9.17, 15) is 4.21 Å². The Morgan fingerprint density at radius 3 is 2.00 bits per heavy atom. The number of hydrogen-bond acceptors (Lipinski definition) is 1. The zero-order valence-electron chi connectivity index (χ0n) is 14.6.